The molecule has 0 aliphatic carbocycles. The number of H-pyrrole nitrogens is 2. The molecule has 2 rings (SSSR count). The van der Waals surface area contributed by atoms with Crippen molar-refractivity contribution in [1.29, 1.82) is 0 Å². The second-order valence-corrected chi connectivity index (χ2v) is 3.90. The predicted octanol–water partition coefficient (Wildman–Crippen LogP) is 0.925. The van der Waals surface area contributed by atoms with Crippen LogP contribution in [0.1, 0.15) is 5.56 Å². The van der Waals surface area contributed by atoms with E-state index in [0.29, 0.717) is 5.69 Å². The van der Waals surface area contributed by atoms with Crippen LogP contribution < -0.4 is 11.4 Å². The molecular weight excluding hydrogens is 262 g/mol. The van der Waals surface area contributed by atoms with Crippen LogP contribution in [-0.4, -0.2) is 14.8 Å². The lowest BCUT2D eigenvalue weighted by molar-refractivity contribution is 0.943. The van der Waals surface area contributed by atoms with E-state index in [1.54, 1.807) is 12.1 Å². The number of aromatic nitrogens is 3. The van der Waals surface area contributed by atoms with Crippen LogP contribution in [0.15, 0.2) is 32.3 Å². The molecule has 0 spiro atoms. The van der Waals surface area contributed by atoms with E-state index in [1.807, 2.05) is 13.0 Å². The molecule has 0 fully saturated rings. The van der Waals surface area contributed by atoms with Gasteiger partial charge in [0.15, 0.2) is 0 Å². The molecule has 1 aromatic carbocycles. The summed E-state index contributed by atoms with van der Waals surface area (Å²) in [7, 11) is 0. The third-order valence-corrected chi connectivity index (χ3v) is 3.13. The fourth-order valence-electron chi connectivity index (χ4n) is 1.33. The van der Waals surface area contributed by atoms with E-state index in [4.69, 9.17) is 0 Å². The van der Waals surface area contributed by atoms with Crippen molar-refractivity contribution in [1.82, 2.24) is 14.8 Å². The van der Waals surface area contributed by atoms with Crippen molar-refractivity contribution < 1.29 is 0 Å². The molecule has 2 N–H and O–H groups in total. The van der Waals surface area contributed by atoms with Gasteiger partial charge in [0.05, 0.1) is 5.69 Å². The largest absolute Gasteiger partial charge is 0.349 e. The van der Waals surface area contributed by atoms with Gasteiger partial charge in [-0.2, -0.15) is 0 Å². The molecule has 0 radical (unpaired) electrons. The van der Waals surface area contributed by atoms with Crippen LogP contribution in [0.2, 0.25) is 0 Å². The summed E-state index contributed by atoms with van der Waals surface area (Å²) in [5.74, 6) is 0. The highest BCUT2D eigenvalue weighted by molar-refractivity contribution is 9.10. The zero-order chi connectivity index (χ0) is 11.0. The molecule has 0 aliphatic heterocycles. The summed E-state index contributed by atoms with van der Waals surface area (Å²) < 4.78 is 1.77. The molecule has 5 nitrogen and oxygen atoms in total. The summed E-state index contributed by atoms with van der Waals surface area (Å²) in [6.45, 7) is 1.89. The van der Waals surface area contributed by atoms with E-state index >= 15 is 0 Å². The minimum absolute atomic E-state index is 0.480. The van der Waals surface area contributed by atoms with Crippen molar-refractivity contribution in [3.8, 4) is 5.69 Å². The Hall–Kier alpha value is -1.56. The topological polar surface area (TPSA) is 70.7 Å². The third kappa shape index (κ3) is 1.56. The first kappa shape index (κ1) is 9.97. The Labute approximate surface area is 92.9 Å². The normalized spacial score (nSPS) is 10.5. The van der Waals surface area contributed by atoms with Gasteiger partial charge >= 0.3 is 11.4 Å². The van der Waals surface area contributed by atoms with Gasteiger partial charge in [-0.3, -0.25) is 0 Å². The van der Waals surface area contributed by atoms with Crippen LogP contribution in [0.4, 0.5) is 0 Å². The Morgan fingerprint density at radius 2 is 1.80 bits per heavy atom. The minimum atomic E-state index is -0.480. The number of rotatable bonds is 1. The monoisotopic (exact) mass is 269 g/mol. The second kappa shape index (κ2) is 3.54. The van der Waals surface area contributed by atoms with E-state index in [1.165, 1.54) is 0 Å². The van der Waals surface area contributed by atoms with Crippen molar-refractivity contribution in [3.05, 3.63) is 49.2 Å². The van der Waals surface area contributed by atoms with Crippen LogP contribution in [0.25, 0.3) is 5.69 Å². The van der Waals surface area contributed by atoms with Crippen LogP contribution in [0, 0.1) is 6.92 Å². The van der Waals surface area contributed by atoms with E-state index in [2.05, 4.69) is 26.1 Å². The average Bonchev–Trinajstić information content (AvgIpc) is 2.52. The van der Waals surface area contributed by atoms with E-state index < -0.39 is 11.4 Å². The Bertz CT molecular complexity index is 581. The number of halogens is 1. The van der Waals surface area contributed by atoms with Gasteiger partial charge in [-0.05, 0) is 34.5 Å². The molecule has 1 heterocycles. The molecule has 0 saturated carbocycles. The SMILES string of the molecule is Cc1cccc(-n2c(=O)[nH][nH]c2=O)c1Br. The summed E-state index contributed by atoms with van der Waals surface area (Å²) in [5, 5.41) is 4.46. The van der Waals surface area contributed by atoms with Crippen LogP contribution in [0.3, 0.4) is 0 Å². The maximum absolute atomic E-state index is 11.4. The summed E-state index contributed by atoms with van der Waals surface area (Å²) >= 11 is 3.34. The number of aromatic amines is 2. The summed E-state index contributed by atoms with van der Waals surface area (Å²) in [6, 6.07) is 5.37. The molecular formula is C9H8BrN3O2. The lowest BCUT2D eigenvalue weighted by Gasteiger charge is -2.04. The average molecular weight is 270 g/mol. The fourth-order valence-corrected chi connectivity index (χ4v) is 1.78. The Morgan fingerprint density at radius 1 is 1.20 bits per heavy atom. The first-order chi connectivity index (χ1) is 7.11. The minimum Gasteiger partial charge on any atom is -0.247 e. The second-order valence-electron chi connectivity index (χ2n) is 3.10. The Kier molecular flexibility index (Phi) is 2.36. The van der Waals surface area contributed by atoms with Gasteiger partial charge in [-0.25, -0.2) is 24.4 Å². The molecule has 0 bridgehead atoms. The zero-order valence-electron chi connectivity index (χ0n) is 7.87. The Balaban J connectivity index is 2.81. The number of hydrogen-bond donors (Lipinski definition) is 2. The van der Waals surface area contributed by atoms with Crippen molar-refractivity contribution in [3.63, 3.8) is 0 Å². The molecule has 0 aliphatic rings. The lowest BCUT2D eigenvalue weighted by Crippen LogP contribution is -2.25. The van der Waals surface area contributed by atoms with Crippen molar-refractivity contribution in [2.24, 2.45) is 0 Å². The Morgan fingerprint density at radius 3 is 2.40 bits per heavy atom. The summed E-state index contributed by atoms with van der Waals surface area (Å²) in [5.41, 5.74) is 0.528. The fraction of sp³-hybridized carbons (Fsp3) is 0.111. The number of nitrogens with zero attached hydrogens (tertiary/aromatic N) is 1. The van der Waals surface area contributed by atoms with Gasteiger partial charge in [-0.15, -0.1) is 0 Å². The number of hydrogen-bond acceptors (Lipinski definition) is 2. The maximum atomic E-state index is 11.4. The number of benzene rings is 1. The standard InChI is InChI=1S/C9H8BrN3O2/c1-5-3-2-4-6(7(5)10)13-8(14)11-12-9(13)15/h2-4H,1H3,(H,11,14)(H,12,15). The molecule has 0 amide bonds. The van der Waals surface area contributed by atoms with E-state index in [0.717, 1.165) is 14.6 Å². The smallest absolute Gasteiger partial charge is 0.247 e. The van der Waals surface area contributed by atoms with Crippen molar-refractivity contribution in [2.45, 2.75) is 6.92 Å². The van der Waals surface area contributed by atoms with Crippen molar-refractivity contribution in [2.75, 3.05) is 0 Å². The summed E-state index contributed by atoms with van der Waals surface area (Å²) in [4.78, 5) is 22.7. The van der Waals surface area contributed by atoms with Gasteiger partial charge in [-0.1, -0.05) is 12.1 Å². The highest BCUT2D eigenvalue weighted by Gasteiger charge is 2.10. The highest BCUT2D eigenvalue weighted by Crippen LogP contribution is 2.22. The quantitative estimate of drug-likeness (QED) is 0.809. The zero-order valence-corrected chi connectivity index (χ0v) is 9.46. The van der Waals surface area contributed by atoms with Gasteiger partial charge in [0.1, 0.15) is 0 Å². The van der Waals surface area contributed by atoms with Crippen LogP contribution >= 0.6 is 15.9 Å². The molecule has 2 aromatic rings. The van der Waals surface area contributed by atoms with Gasteiger partial charge in [0.25, 0.3) is 0 Å². The van der Waals surface area contributed by atoms with E-state index in [9.17, 15) is 9.59 Å². The molecule has 78 valence electrons. The molecule has 0 atom stereocenters. The molecule has 15 heavy (non-hydrogen) atoms. The molecule has 0 saturated heterocycles. The van der Waals surface area contributed by atoms with Gasteiger partial charge < -0.3 is 0 Å². The first-order valence-corrected chi connectivity index (χ1v) is 5.06. The number of aryl methyl sites for hydroxylation is 1. The maximum Gasteiger partial charge on any atom is 0.349 e. The van der Waals surface area contributed by atoms with Crippen LogP contribution in [0.5, 0.6) is 0 Å². The number of nitrogens with one attached hydrogen (secondary N) is 2. The third-order valence-electron chi connectivity index (χ3n) is 2.09. The van der Waals surface area contributed by atoms with Crippen LogP contribution in [-0.2, 0) is 0 Å². The molecule has 6 heteroatoms. The molecule has 1 aromatic heterocycles. The predicted molar refractivity (Wildman–Crippen MR) is 59.4 cm³/mol. The van der Waals surface area contributed by atoms with Crippen molar-refractivity contribution >= 4 is 15.9 Å². The first-order valence-electron chi connectivity index (χ1n) is 4.26. The highest BCUT2D eigenvalue weighted by atomic mass is 79.9. The van der Waals surface area contributed by atoms with Gasteiger partial charge in [0.2, 0.25) is 0 Å². The lowest BCUT2D eigenvalue weighted by atomic mass is 10.2. The van der Waals surface area contributed by atoms with E-state index in [-0.39, 0.29) is 0 Å². The van der Waals surface area contributed by atoms with Gasteiger partial charge in [0, 0.05) is 4.47 Å². The summed E-state index contributed by atoms with van der Waals surface area (Å²) in [6.07, 6.45) is 0. The molecule has 0 unspecified atom stereocenters.